The number of thioether (sulfide) groups is 1. The van der Waals surface area contributed by atoms with Crippen molar-refractivity contribution in [3.8, 4) is 0 Å². The molecular weight excluding hydrogens is 577 g/mol. The van der Waals surface area contributed by atoms with Gasteiger partial charge >= 0.3 is 0 Å². The van der Waals surface area contributed by atoms with Gasteiger partial charge < -0.3 is 9.88 Å². The minimum absolute atomic E-state index is 0.265. The van der Waals surface area contributed by atoms with Gasteiger partial charge in [-0.05, 0) is 66.2 Å². The zero-order valence-corrected chi connectivity index (χ0v) is 23.8. The lowest BCUT2D eigenvalue weighted by Crippen LogP contribution is -2.27. The third kappa shape index (κ3) is 5.54. The molecule has 2 heterocycles. The van der Waals surface area contributed by atoms with Gasteiger partial charge in [0, 0.05) is 45.5 Å². The molecule has 6 rings (SSSR count). The minimum atomic E-state index is -0.391. The molecule has 1 aromatic heterocycles. The molecule has 1 aliphatic heterocycles. The second-order valence-electron chi connectivity index (χ2n) is 9.35. The Morgan fingerprint density at radius 1 is 0.976 bits per heavy atom. The van der Waals surface area contributed by atoms with Crippen molar-refractivity contribution in [3.05, 3.63) is 136 Å². The van der Waals surface area contributed by atoms with E-state index in [4.69, 9.17) is 23.8 Å². The Balaban J connectivity index is 1.28. The average molecular weight is 598 g/mol. The summed E-state index contributed by atoms with van der Waals surface area (Å²) in [6, 6.07) is 27.9. The predicted molar refractivity (Wildman–Crippen MR) is 169 cm³/mol. The first-order valence-corrected chi connectivity index (χ1v) is 14.2. The zero-order chi connectivity index (χ0) is 28.5. The number of benzene rings is 4. The monoisotopic (exact) mass is 597 g/mol. The van der Waals surface area contributed by atoms with Gasteiger partial charge in [-0.3, -0.25) is 14.5 Å². The maximum atomic E-state index is 13.6. The summed E-state index contributed by atoms with van der Waals surface area (Å²) in [7, 11) is 0. The first kappa shape index (κ1) is 27.0. The quantitative estimate of drug-likeness (QED) is 0.159. The van der Waals surface area contributed by atoms with E-state index in [-0.39, 0.29) is 11.8 Å². The molecular formula is C32H21ClFN3O2S2. The number of nitrogens with zero attached hydrogens (tertiary/aromatic N) is 2. The molecule has 1 fully saturated rings. The van der Waals surface area contributed by atoms with Gasteiger partial charge in [0.15, 0.2) is 4.32 Å². The van der Waals surface area contributed by atoms with Crippen molar-refractivity contribution in [2.75, 3.05) is 10.2 Å². The van der Waals surface area contributed by atoms with E-state index in [1.165, 1.54) is 40.9 Å². The Kier molecular flexibility index (Phi) is 7.45. The van der Waals surface area contributed by atoms with Crippen LogP contribution in [0.2, 0.25) is 5.02 Å². The number of anilines is 2. The molecule has 0 atom stereocenters. The largest absolute Gasteiger partial charge is 0.342 e. The van der Waals surface area contributed by atoms with Gasteiger partial charge in [0.25, 0.3) is 11.8 Å². The molecule has 9 heteroatoms. The molecule has 1 aliphatic rings. The smallest absolute Gasteiger partial charge is 0.270 e. The van der Waals surface area contributed by atoms with Crippen molar-refractivity contribution in [1.29, 1.82) is 0 Å². The van der Waals surface area contributed by atoms with Crippen molar-refractivity contribution < 1.29 is 14.0 Å². The number of carbonyl (C=O) groups excluding carboxylic acids is 2. The molecule has 0 aliphatic carbocycles. The van der Waals surface area contributed by atoms with E-state index < -0.39 is 5.82 Å². The molecule has 5 aromatic rings. The van der Waals surface area contributed by atoms with Crippen molar-refractivity contribution in [2.24, 2.45) is 0 Å². The number of carbonyl (C=O) groups is 2. The summed E-state index contributed by atoms with van der Waals surface area (Å²) < 4.78 is 15.7. The normalized spacial score (nSPS) is 14.3. The first-order valence-electron chi connectivity index (χ1n) is 12.6. The summed E-state index contributed by atoms with van der Waals surface area (Å²) in [5.41, 5.74) is 4.20. The fourth-order valence-corrected chi connectivity index (χ4v) is 6.17. The average Bonchev–Trinajstić information content (AvgIpc) is 3.46. The van der Waals surface area contributed by atoms with Gasteiger partial charge in [-0.25, -0.2) is 4.39 Å². The number of para-hydroxylation sites is 1. The highest BCUT2D eigenvalue weighted by Crippen LogP contribution is 2.37. The van der Waals surface area contributed by atoms with Crippen LogP contribution in [0.15, 0.2) is 108 Å². The number of aromatic nitrogens is 1. The van der Waals surface area contributed by atoms with Crippen LogP contribution in [0.4, 0.5) is 15.8 Å². The van der Waals surface area contributed by atoms with Crippen LogP contribution in [0.25, 0.3) is 17.0 Å². The highest BCUT2D eigenvalue weighted by Gasteiger charge is 2.34. The van der Waals surface area contributed by atoms with E-state index in [2.05, 4.69) is 9.88 Å². The van der Waals surface area contributed by atoms with Crippen molar-refractivity contribution >= 4 is 80.1 Å². The fraction of sp³-hybridized carbons (Fsp3) is 0.0312. The molecule has 0 radical (unpaired) electrons. The van der Waals surface area contributed by atoms with Crippen LogP contribution >= 0.6 is 35.6 Å². The van der Waals surface area contributed by atoms with Gasteiger partial charge in [-0.2, -0.15) is 0 Å². The molecule has 0 bridgehead atoms. The van der Waals surface area contributed by atoms with E-state index in [1.807, 2.05) is 60.8 Å². The van der Waals surface area contributed by atoms with E-state index >= 15 is 0 Å². The summed E-state index contributed by atoms with van der Waals surface area (Å²) in [6.07, 6.45) is 3.87. The fourth-order valence-electron chi connectivity index (χ4n) is 4.69. The van der Waals surface area contributed by atoms with Crippen LogP contribution in [-0.4, -0.2) is 20.7 Å². The molecule has 4 aromatic carbocycles. The molecule has 5 nitrogen and oxygen atoms in total. The van der Waals surface area contributed by atoms with E-state index in [9.17, 15) is 14.0 Å². The maximum absolute atomic E-state index is 13.6. The van der Waals surface area contributed by atoms with Crippen LogP contribution in [-0.2, 0) is 11.3 Å². The molecule has 0 saturated carbocycles. The maximum Gasteiger partial charge on any atom is 0.270 e. The van der Waals surface area contributed by atoms with Crippen LogP contribution < -0.4 is 10.2 Å². The Bertz CT molecular complexity index is 1870. The zero-order valence-electron chi connectivity index (χ0n) is 21.4. The molecule has 202 valence electrons. The first-order chi connectivity index (χ1) is 19.9. The molecule has 41 heavy (non-hydrogen) atoms. The summed E-state index contributed by atoms with van der Waals surface area (Å²) in [4.78, 5) is 28.4. The molecule has 2 amide bonds. The lowest BCUT2D eigenvalue weighted by Gasteiger charge is -2.15. The third-order valence-corrected chi connectivity index (χ3v) is 8.34. The lowest BCUT2D eigenvalue weighted by atomic mass is 10.1. The van der Waals surface area contributed by atoms with Crippen molar-refractivity contribution in [2.45, 2.75) is 6.54 Å². The highest BCUT2D eigenvalue weighted by molar-refractivity contribution is 8.27. The SMILES string of the molecule is O=C(Nc1ccc(F)cc1)c1cccc(N2C(=O)/C(=C\c3cn(Cc4ccccc4Cl)c4ccccc34)SC2=S)c1. The third-order valence-electron chi connectivity index (χ3n) is 6.67. The number of thiocarbonyl (C=S) groups is 1. The van der Waals surface area contributed by atoms with Crippen LogP contribution in [0.1, 0.15) is 21.5 Å². The Labute approximate surface area is 250 Å². The van der Waals surface area contributed by atoms with Gasteiger partial charge in [0.1, 0.15) is 5.82 Å². The van der Waals surface area contributed by atoms with Crippen LogP contribution in [0.3, 0.4) is 0 Å². The summed E-state index contributed by atoms with van der Waals surface area (Å²) >= 11 is 13.2. The van der Waals surface area contributed by atoms with Gasteiger partial charge in [-0.1, -0.05) is 78.0 Å². The second kappa shape index (κ2) is 11.3. The molecule has 1 N–H and O–H groups in total. The van der Waals surface area contributed by atoms with Crippen LogP contribution in [0, 0.1) is 5.82 Å². The van der Waals surface area contributed by atoms with Crippen LogP contribution in [0.5, 0.6) is 0 Å². The number of halogens is 2. The Morgan fingerprint density at radius 2 is 1.73 bits per heavy atom. The molecule has 1 saturated heterocycles. The number of fused-ring (bicyclic) bond motifs is 1. The molecule has 0 spiro atoms. The van der Waals surface area contributed by atoms with E-state index in [0.717, 1.165) is 22.0 Å². The number of hydrogen-bond donors (Lipinski definition) is 1. The number of hydrogen-bond acceptors (Lipinski definition) is 4. The number of nitrogens with one attached hydrogen (secondary N) is 1. The summed E-state index contributed by atoms with van der Waals surface area (Å²) in [6.45, 7) is 0.585. The lowest BCUT2D eigenvalue weighted by molar-refractivity contribution is -0.113. The topological polar surface area (TPSA) is 54.3 Å². The number of rotatable bonds is 6. The highest BCUT2D eigenvalue weighted by atomic mass is 35.5. The van der Waals surface area contributed by atoms with Crippen molar-refractivity contribution in [3.63, 3.8) is 0 Å². The molecule has 0 unspecified atom stereocenters. The predicted octanol–water partition coefficient (Wildman–Crippen LogP) is 8.14. The Morgan fingerprint density at radius 3 is 2.54 bits per heavy atom. The summed E-state index contributed by atoms with van der Waals surface area (Å²) in [5.74, 6) is -1.04. The number of amides is 2. The summed E-state index contributed by atoms with van der Waals surface area (Å²) in [5, 5.41) is 4.44. The standard InChI is InChI=1S/C32H21ClFN3O2S2/c33-27-10-3-1-6-21(27)18-36-19-22(26-9-2-4-11-28(26)36)17-29-31(39)37(32(40)41-29)25-8-5-7-20(16-25)30(38)35-24-14-12-23(34)13-15-24/h1-17,19H,18H2,(H,35,38)/b29-17+. The second-order valence-corrected chi connectivity index (χ2v) is 11.4. The Hall–Kier alpha value is -4.24. The van der Waals surface area contributed by atoms with E-state index in [1.54, 1.807) is 24.3 Å². The van der Waals surface area contributed by atoms with Crippen molar-refractivity contribution in [1.82, 2.24) is 4.57 Å². The van der Waals surface area contributed by atoms with Gasteiger partial charge in [0.05, 0.1) is 10.6 Å². The minimum Gasteiger partial charge on any atom is -0.342 e. The van der Waals surface area contributed by atoms with Gasteiger partial charge in [0.2, 0.25) is 0 Å². The van der Waals surface area contributed by atoms with Gasteiger partial charge in [-0.15, -0.1) is 0 Å². The van der Waals surface area contributed by atoms with E-state index in [0.29, 0.717) is 37.7 Å².